The first-order valence-electron chi connectivity index (χ1n) is 6.76. The molecule has 114 valence electrons. The van der Waals surface area contributed by atoms with Crippen molar-refractivity contribution in [2.24, 2.45) is 0 Å². The first-order chi connectivity index (χ1) is 10.6. The molecule has 1 N–H and O–H groups in total. The van der Waals surface area contributed by atoms with Crippen LogP contribution in [-0.4, -0.2) is 28.5 Å². The zero-order chi connectivity index (χ0) is 15.5. The molecule has 1 aromatic heterocycles. The van der Waals surface area contributed by atoms with Gasteiger partial charge in [-0.3, -0.25) is 20.2 Å². The second-order valence-electron chi connectivity index (χ2n) is 4.83. The number of carbonyl (C=O) groups is 1. The van der Waals surface area contributed by atoms with Crippen molar-refractivity contribution in [2.75, 3.05) is 11.9 Å². The Kier molecular flexibility index (Phi) is 4.12. The van der Waals surface area contributed by atoms with Crippen LogP contribution in [0, 0.1) is 10.1 Å². The highest BCUT2D eigenvalue weighted by Gasteiger charge is 2.24. The van der Waals surface area contributed by atoms with Gasteiger partial charge in [0.2, 0.25) is 0 Å². The Morgan fingerprint density at radius 2 is 2.18 bits per heavy atom. The Morgan fingerprint density at radius 3 is 2.82 bits per heavy atom. The number of hydrogen-bond acceptors (Lipinski definition) is 6. The Morgan fingerprint density at radius 1 is 1.41 bits per heavy atom. The summed E-state index contributed by atoms with van der Waals surface area (Å²) in [6, 6.07) is 6.14. The lowest BCUT2D eigenvalue weighted by Crippen LogP contribution is -2.26. The van der Waals surface area contributed by atoms with Crippen molar-refractivity contribution in [1.82, 2.24) is 4.98 Å². The van der Waals surface area contributed by atoms with Crippen molar-refractivity contribution in [1.29, 1.82) is 0 Å². The lowest BCUT2D eigenvalue weighted by Gasteiger charge is -2.07. The number of hydrogen-bond donors (Lipinski definition) is 1. The monoisotopic (exact) mass is 319 g/mol. The van der Waals surface area contributed by atoms with E-state index in [0.29, 0.717) is 17.4 Å². The minimum atomic E-state index is -0.446. The topological polar surface area (TPSA) is 94.4 Å². The van der Waals surface area contributed by atoms with Crippen LogP contribution in [0.15, 0.2) is 29.6 Å². The molecule has 3 rings (SSSR count). The summed E-state index contributed by atoms with van der Waals surface area (Å²) < 4.78 is 5.31. The first kappa shape index (κ1) is 14.6. The summed E-state index contributed by atoms with van der Waals surface area (Å²) in [5.74, 6) is -0.179. The zero-order valence-corrected chi connectivity index (χ0v) is 12.3. The van der Waals surface area contributed by atoms with Gasteiger partial charge in [-0.2, -0.15) is 0 Å². The summed E-state index contributed by atoms with van der Waals surface area (Å²) in [6.07, 6.45) is 1.22. The molecule has 1 saturated heterocycles. The van der Waals surface area contributed by atoms with E-state index in [1.54, 1.807) is 17.5 Å². The molecule has 8 heteroatoms. The SMILES string of the molecule is O=C(Nc1nc(-c2ccc([N+](=O)[O-])cc2)cs1)[C@@H]1CCCO1. The molecule has 1 amide bonds. The van der Waals surface area contributed by atoms with Gasteiger partial charge in [0.1, 0.15) is 6.10 Å². The molecule has 0 unspecified atom stereocenters. The van der Waals surface area contributed by atoms with E-state index < -0.39 is 11.0 Å². The summed E-state index contributed by atoms with van der Waals surface area (Å²) in [6.45, 7) is 0.615. The predicted octanol–water partition coefficient (Wildman–Crippen LogP) is 2.84. The Bertz CT molecular complexity index is 692. The van der Waals surface area contributed by atoms with Crippen molar-refractivity contribution in [3.05, 3.63) is 39.8 Å². The van der Waals surface area contributed by atoms with Crippen molar-refractivity contribution in [2.45, 2.75) is 18.9 Å². The molecule has 2 heterocycles. The van der Waals surface area contributed by atoms with Gasteiger partial charge in [0, 0.05) is 29.7 Å². The minimum Gasteiger partial charge on any atom is -0.368 e. The third-order valence-corrected chi connectivity index (χ3v) is 4.09. The van der Waals surface area contributed by atoms with E-state index in [-0.39, 0.29) is 11.6 Å². The highest BCUT2D eigenvalue weighted by molar-refractivity contribution is 7.14. The number of nitrogens with one attached hydrogen (secondary N) is 1. The van der Waals surface area contributed by atoms with Gasteiger partial charge in [-0.15, -0.1) is 11.3 Å². The molecular formula is C14H13N3O4S. The first-order valence-corrected chi connectivity index (χ1v) is 7.64. The van der Waals surface area contributed by atoms with Gasteiger partial charge in [-0.05, 0) is 25.0 Å². The van der Waals surface area contributed by atoms with Crippen molar-refractivity contribution in [3.8, 4) is 11.3 Å². The molecule has 0 saturated carbocycles. The van der Waals surface area contributed by atoms with Crippen LogP contribution in [0.1, 0.15) is 12.8 Å². The Balaban J connectivity index is 1.70. The number of amides is 1. The molecule has 1 aliphatic rings. The van der Waals surface area contributed by atoms with Crippen LogP contribution in [0.25, 0.3) is 11.3 Å². The maximum Gasteiger partial charge on any atom is 0.269 e. The van der Waals surface area contributed by atoms with Crippen LogP contribution in [0.4, 0.5) is 10.8 Å². The third-order valence-electron chi connectivity index (χ3n) is 3.33. The number of carbonyl (C=O) groups excluding carboxylic acids is 1. The number of non-ortho nitro benzene ring substituents is 1. The van der Waals surface area contributed by atoms with E-state index in [2.05, 4.69) is 10.3 Å². The highest BCUT2D eigenvalue weighted by atomic mass is 32.1. The fourth-order valence-electron chi connectivity index (χ4n) is 2.19. The lowest BCUT2D eigenvalue weighted by molar-refractivity contribution is -0.384. The van der Waals surface area contributed by atoms with Gasteiger partial charge in [0.25, 0.3) is 11.6 Å². The fourth-order valence-corrected chi connectivity index (χ4v) is 2.91. The molecule has 0 aliphatic carbocycles. The maximum atomic E-state index is 11.9. The van der Waals surface area contributed by atoms with E-state index in [1.165, 1.54) is 23.5 Å². The average Bonchev–Trinajstić information content (AvgIpc) is 3.19. The van der Waals surface area contributed by atoms with Crippen molar-refractivity contribution >= 4 is 28.1 Å². The fraction of sp³-hybridized carbons (Fsp3) is 0.286. The summed E-state index contributed by atoms with van der Waals surface area (Å²) in [7, 11) is 0. The standard InChI is InChI=1S/C14H13N3O4S/c18-13(12-2-1-7-21-12)16-14-15-11(8-22-14)9-3-5-10(6-4-9)17(19)20/h3-6,8,12H,1-2,7H2,(H,15,16,18)/t12-/m0/s1. The number of nitro groups is 1. The Hall–Kier alpha value is -2.32. The Labute approximate surface area is 130 Å². The number of aromatic nitrogens is 1. The van der Waals surface area contributed by atoms with Crippen LogP contribution in [0.2, 0.25) is 0 Å². The molecule has 7 nitrogen and oxygen atoms in total. The second kappa shape index (κ2) is 6.20. The molecule has 0 bridgehead atoms. The van der Waals surface area contributed by atoms with Crippen molar-refractivity contribution in [3.63, 3.8) is 0 Å². The van der Waals surface area contributed by atoms with Gasteiger partial charge in [-0.1, -0.05) is 0 Å². The molecule has 0 spiro atoms. The number of anilines is 1. The largest absolute Gasteiger partial charge is 0.368 e. The van der Waals surface area contributed by atoms with E-state index in [9.17, 15) is 14.9 Å². The number of thiazole rings is 1. The highest BCUT2D eigenvalue weighted by Crippen LogP contribution is 2.27. The number of nitrogens with zero attached hydrogens (tertiary/aromatic N) is 2. The summed E-state index contributed by atoms with van der Waals surface area (Å²) in [5, 5.41) is 15.7. The normalized spacial score (nSPS) is 17.4. The zero-order valence-electron chi connectivity index (χ0n) is 11.5. The number of ether oxygens (including phenoxy) is 1. The number of benzene rings is 1. The molecular weight excluding hydrogens is 306 g/mol. The van der Waals surface area contributed by atoms with Crippen LogP contribution in [0.5, 0.6) is 0 Å². The third kappa shape index (κ3) is 3.12. The second-order valence-corrected chi connectivity index (χ2v) is 5.69. The van der Waals surface area contributed by atoms with Crippen LogP contribution >= 0.6 is 11.3 Å². The van der Waals surface area contributed by atoms with E-state index in [1.807, 2.05) is 0 Å². The summed E-state index contributed by atoms with van der Waals surface area (Å²) >= 11 is 1.31. The van der Waals surface area contributed by atoms with Gasteiger partial charge >= 0.3 is 0 Å². The molecule has 1 atom stereocenters. The van der Waals surface area contributed by atoms with Gasteiger partial charge in [0.15, 0.2) is 5.13 Å². The van der Waals surface area contributed by atoms with Gasteiger partial charge in [0.05, 0.1) is 10.6 Å². The van der Waals surface area contributed by atoms with Crippen molar-refractivity contribution < 1.29 is 14.5 Å². The maximum absolute atomic E-state index is 11.9. The molecule has 0 radical (unpaired) electrons. The summed E-state index contributed by atoms with van der Waals surface area (Å²) in [5.41, 5.74) is 1.47. The van der Waals surface area contributed by atoms with E-state index in [4.69, 9.17) is 4.74 Å². The predicted molar refractivity (Wildman–Crippen MR) is 81.8 cm³/mol. The average molecular weight is 319 g/mol. The molecule has 2 aromatic rings. The molecule has 1 aromatic carbocycles. The number of nitro benzene ring substituents is 1. The van der Waals surface area contributed by atoms with E-state index in [0.717, 1.165) is 18.4 Å². The minimum absolute atomic E-state index is 0.0332. The van der Waals surface area contributed by atoms with Crippen LogP contribution < -0.4 is 5.32 Å². The smallest absolute Gasteiger partial charge is 0.269 e. The van der Waals surface area contributed by atoms with Crippen LogP contribution in [-0.2, 0) is 9.53 Å². The summed E-state index contributed by atoms with van der Waals surface area (Å²) in [4.78, 5) is 26.4. The van der Waals surface area contributed by atoms with Gasteiger partial charge < -0.3 is 4.74 Å². The molecule has 1 aliphatic heterocycles. The van der Waals surface area contributed by atoms with E-state index >= 15 is 0 Å². The van der Waals surface area contributed by atoms with Crippen LogP contribution in [0.3, 0.4) is 0 Å². The molecule has 22 heavy (non-hydrogen) atoms. The lowest BCUT2D eigenvalue weighted by atomic mass is 10.1. The molecule has 1 fully saturated rings. The quantitative estimate of drug-likeness (QED) is 0.690. The van der Waals surface area contributed by atoms with Gasteiger partial charge in [-0.25, -0.2) is 4.98 Å². The number of rotatable bonds is 4.